The van der Waals surface area contributed by atoms with Gasteiger partial charge in [0.25, 0.3) is 5.91 Å². The maximum absolute atomic E-state index is 13.4. The predicted molar refractivity (Wildman–Crippen MR) is 127 cm³/mol. The molecule has 0 spiro atoms. The van der Waals surface area contributed by atoms with E-state index in [1.54, 1.807) is 24.5 Å². The Morgan fingerprint density at radius 3 is 2.26 bits per heavy atom. The highest BCUT2D eigenvalue weighted by atomic mass is 16.3. The molecule has 3 amide bonds. The number of amides is 3. The molecule has 34 heavy (non-hydrogen) atoms. The van der Waals surface area contributed by atoms with Crippen LogP contribution in [0.15, 0.2) is 69.9 Å². The van der Waals surface area contributed by atoms with Crippen LogP contribution < -0.4 is 10.6 Å². The van der Waals surface area contributed by atoms with E-state index in [4.69, 9.17) is 8.83 Å². The standard InChI is InChI=1S/C26H31N3O5/c1-18(2)12-13-29(23(30)17-28-25(31)22-7-5-15-34-22)24(20-10-8-19(3)9-11-20)26(32)27-16-21-6-4-14-33-21/h4-11,14-15,18,24H,12-13,16-17H2,1-3H3,(H,27,32)(H,28,31)/t24-/m1/s1. The summed E-state index contributed by atoms with van der Waals surface area (Å²) < 4.78 is 10.4. The van der Waals surface area contributed by atoms with Crippen molar-refractivity contribution in [1.82, 2.24) is 15.5 Å². The van der Waals surface area contributed by atoms with Gasteiger partial charge in [0.1, 0.15) is 11.8 Å². The lowest BCUT2D eigenvalue weighted by Gasteiger charge is -2.32. The van der Waals surface area contributed by atoms with Crippen LogP contribution in [0.1, 0.15) is 53.8 Å². The lowest BCUT2D eigenvalue weighted by atomic mass is 10.0. The average molecular weight is 466 g/mol. The molecule has 2 heterocycles. The number of aryl methyl sites for hydroxylation is 1. The average Bonchev–Trinajstić information content (AvgIpc) is 3.53. The van der Waals surface area contributed by atoms with Gasteiger partial charge in [0.15, 0.2) is 5.76 Å². The van der Waals surface area contributed by atoms with E-state index in [-0.39, 0.29) is 30.7 Å². The van der Waals surface area contributed by atoms with Gasteiger partial charge in [-0.25, -0.2) is 0 Å². The summed E-state index contributed by atoms with van der Waals surface area (Å²) in [5.74, 6) is -0.127. The van der Waals surface area contributed by atoms with Crippen molar-refractivity contribution in [2.75, 3.05) is 13.1 Å². The molecule has 0 radical (unpaired) electrons. The first-order chi connectivity index (χ1) is 16.3. The molecule has 0 aliphatic heterocycles. The SMILES string of the molecule is Cc1ccc([C@H](C(=O)NCc2ccco2)N(CCC(C)C)C(=O)CNC(=O)c2ccco2)cc1. The van der Waals surface area contributed by atoms with Crippen LogP contribution in [0.2, 0.25) is 0 Å². The smallest absolute Gasteiger partial charge is 0.287 e. The summed E-state index contributed by atoms with van der Waals surface area (Å²) in [6.45, 7) is 6.38. The summed E-state index contributed by atoms with van der Waals surface area (Å²) in [6, 6.07) is 13.3. The summed E-state index contributed by atoms with van der Waals surface area (Å²) >= 11 is 0. The van der Waals surface area contributed by atoms with Crippen LogP contribution >= 0.6 is 0 Å². The van der Waals surface area contributed by atoms with Crippen molar-refractivity contribution >= 4 is 17.7 Å². The van der Waals surface area contributed by atoms with Gasteiger partial charge in [0.2, 0.25) is 11.8 Å². The van der Waals surface area contributed by atoms with Gasteiger partial charge in [0, 0.05) is 6.54 Å². The number of carbonyl (C=O) groups excluding carboxylic acids is 3. The van der Waals surface area contributed by atoms with Crippen molar-refractivity contribution in [2.24, 2.45) is 5.92 Å². The van der Waals surface area contributed by atoms with Gasteiger partial charge < -0.3 is 24.4 Å². The molecule has 0 aliphatic rings. The van der Waals surface area contributed by atoms with E-state index < -0.39 is 11.9 Å². The minimum Gasteiger partial charge on any atom is -0.467 e. The molecule has 0 saturated heterocycles. The summed E-state index contributed by atoms with van der Waals surface area (Å²) in [6.07, 6.45) is 3.63. The summed E-state index contributed by atoms with van der Waals surface area (Å²) in [5, 5.41) is 5.47. The van der Waals surface area contributed by atoms with Crippen LogP contribution in [0.4, 0.5) is 0 Å². The second kappa shape index (κ2) is 11.9. The quantitative estimate of drug-likeness (QED) is 0.448. The summed E-state index contributed by atoms with van der Waals surface area (Å²) in [7, 11) is 0. The van der Waals surface area contributed by atoms with Crippen molar-refractivity contribution in [3.05, 3.63) is 83.7 Å². The van der Waals surface area contributed by atoms with Gasteiger partial charge in [-0.1, -0.05) is 43.7 Å². The molecule has 0 bridgehead atoms. The minimum atomic E-state index is -0.859. The van der Waals surface area contributed by atoms with E-state index in [0.717, 1.165) is 5.56 Å². The Bertz CT molecular complexity index is 1060. The largest absolute Gasteiger partial charge is 0.467 e. The molecule has 0 aliphatic carbocycles. The van der Waals surface area contributed by atoms with Crippen LogP contribution in [0.25, 0.3) is 0 Å². The van der Waals surface area contributed by atoms with Crippen LogP contribution in [-0.2, 0) is 16.1 Å². The van der Waals surface area contributed by atoms with Gasteiger partial charge in [-0.15, -0.1) is 0 Å². The fraction of sp³-hybridized carbons (Fsp3) is 0.346. The predicted octanol–water partition coefficient (Wildman–Crippen LogP) is 3.84. The normalized spacial score (nSPS) is 11.8. The lowest BCUT2D eigenvalue weighted by Crippen LogP contribution is -2.47. The Labute approximate surface area is 199 Å². The third kappa shape index (κ3) is 6.84. The number of rotatable bonds is 11. The van der Waals surface area contributed by atoms with Crippen molar-refractivity contribution in [3.8, 4) is 0 Å². The monoisotopic (exact) mass is 465 g/mol. The zero-order chi connectivity index (χ0) is 24.5. The van der Waals surface area contributed by atoms with Crippen molar-refractivity contribution < 1.29 is 23.2 Å². The van der Waals surface area contributed by atoms with E-state index in [1.807, 2.05) is 31.2 Å². The van der Waals surface area contributed by atoms with E-state index in [1.165, 1.54) is 17.2 Å². The van der Waals surface area contributed by atoms with Crippen LogP contribution in [-0.4, -0.2) is 35.7 Å². The second-order valence-corrected chi connectivity index (χ2v) is 8.54. The highest BCUT2D eigenvalue weighted by Gasteiger charge is 2.31. The van der Waals surface area contributed by atoms with Gasteiger partial charge in [-0.05, 0) is 49.1 Å². The van der Waals surface area contributed by atoms with Crippen LogP contribution in [0.3, 0.4) is 0 Å². The first kappa shape index (κ1) is 24.8. The molecule has 0 saturated carbocycles. The molecule has 0 unspecified atom stereocenters. The fourth-order valence-electron chi connectivity index (χ4n) is 3.45. The molecule has 3 aromatic rings. The molecule has 3 rings (SSSR count). The van der Waals surface area contributed by atoms with Gasteiger partial charge in [-0.3, -0.25) is 14.4 Å². The van der Waals surface area contributed by atoms with Gasteiger partial charge in [0.05, 0.1) is 25.6 Å². The first-order valence-electron chi connectivity index (χ1n) is 11.3. The number of hydrogen-bond acceptors (Lipinski definition) is 5. The molecule has 0 fully saturated rings. The fourth-order valence-corrected chi connectivity index (χ4v) is 3.45. The molecular formula is C26H31N3O5. The molecule has 1 atom stereocenters. The molecule has 2 N–H and O–H groups in total. The highest BCUT2D eigenvalue weighted by molar-refractivity contribution is 5.95. The maximum atomic E-state index is 13.4. The van der Waals surface area contributed by atoms with E-state index in [0.29, 0.717) is 30.2 Å². The third-order valence-electron chi connectivity index (χ3n) is 5.38. The molecule has 2 aromatic heterocycles. The zero-order valence-electron chi connectivity index (χ0n) is 19.7. The maximum Gasteiger partial charge on any atom is 0.287 e. The van der Waals surface area contributed by atoms with Crippen molar-refractivity contribution in [3.63, 3.8) is 0 Å². The van der Waals surface area contributed by atoms with E-state index in [9.17, 15) is 14.4 Å². The molecule has 8 heteroatoms. The first-order valence-corrected chi connectivity index (χ1v) is 11.3. The zero-order valence-corrected chi connectivity index (χ0v) is 19.7. The Morgan fingerprint density at radius 2 is 1.65 bits per heavy atom. The van der Waals surface area contributed by atoms with Crippen LogP contribution in [0.5, 0.6) is 0 Å². The molecule has 1 aromatic carbocycles. The molecule has 180 valence electrons. The van der Waals surface area contributed by atoms with Crippen LogP contribution in [0, 0.1) is 12.8 Å². The Hall–Kier alpha value is -3.81. The Kier molecular flexibility index (Phi) is 8.67. The van der Waals surface area contributed by atoms with Gasteiger partial charge in [-0.2, -0.15) is 0 Å². The molecule has 8 nitrogen and oxygen atoms in total. The second-order valence-electron chi connectivity index (χ2n) is 8.54. The highest BCUT2D eigenvalue weighted by Crippen LogP contribution is 2.24. The Morgan fingerprint density at radius 1 is 0.941 bits per heavy atom. The third-order valence-corrected chi connectivity index (χ3v) is 5.38. The summed E-state index contributed by atoms with van der Waals surface area (Å²) in [4.78, 5) is 40.5. The number of carbonyl (C=O) groups is 3. The number of nitrogens with zero attached hydrogens (tertiary/aromatic N) is 1. The number of furan rings is 2. The molecular weight excluding hydrogens is 434 g/mol. The van der Waals surface area contributed by atoms with Gasteiger partial charge >= 0.3 is 0 Å². The minimum absolute atomic E-state index is 0.118. The number of nitrogens with one attached hydrogen (secondary N) is 2. The number of benzene rings is 1. The topological polar surface area (TPSA) is 105 Å². The Balaban J connectivity index is 1.83. The lowest BCUT2D eigenvalue weighted by molar-refractivity contribution is -0.140. The summed E-state index contributed by atoms with van der Waals surface area (Å²) in [5.41, 5.74) is 1.74. The number of hydrogen-bond donors (Lipinski definition) is 2. The van der Waals surface area contributed by atoms with Crippen molar-refractivity contribution in [2.45, 2.75) is 39.8 Å². The van der Waals surface area contributed by atoms with Crippen molar-refractivity contribution in [1.29, 1.82) is 0 Å². The van der Waals surface area contributed by atoms with E-state index >= 15 is 0 Å². The van der Waals surface area contributed by atoms with E-state index in [2.05, 4.69) is 24.5 Å².